The quantitative estimate of drug-likeness (QED) is 0.612. The average Bonchev–Trinajstić information content (AvgIpc) is 2.90. The number of nitrogens with two attached hydrogens (primary N) is 1. The number of hydrogen-bond donors (Lipinski definition) is 2. The minimum Gasteiger partial charge on any atom is -0.488 e. The fourth-order valence-corrected chi connectivity index (χ4v) is 2.90. The Morgan fingerprint density at radius 1 is 1.35 bits per heavy atom. The Balaban J connectivity index is 2.03. The molecule has 0 saturated carbocycles. The van der Waals surface area contributed by atoms with Gasteiger partial charge in [-0.25, -0.2) is 18.1 Å². The highest BCUT2D eigenvalue weighted by Gasteiger charge is 2.21. The first kappa shape index (κ1) is 17.0. The van der Waals surface area contributed by atoms with Gasteiger partial charge in [-0.05, 0) is 23.6 Å². The lowest BCUT2D eigenvalue weighted by molar-refractivity contribution is -0.119. The second-order valence-electron chi connectivity index (χ2n) is 5.39. The minimum atomic E-state index is -3.81. The maximum atomic E-state index is 12.2. The third-order valence-electron chi connectivity index (χ3n) is 3.32. The summed E-state index contributed by atoms with van der Waals surface area (Å²) in [4.78, 5) is 15.2. The summed E-state index contributed by atoms with van der Waals surface area (Å²) in [6.07, 6.45) is 1.82. The number of sulfonamides is 1. The van der Waals surface area contributed by atoms with Crippen LogP contribution in [0.15, 0.2) is 46.5 Å². The molecule has 0 bridgehead atoms. The molecule has 23 heavy (non-hydrogen) atoms. The fraction of sp³-hybridized carbons (Fsp3) is 0.333. The lowest BCUT2D eigenvalue weighted by atomic mass is 10.0. The first-order valence-electron chi connectivity index (χ1n) is 7.08. The van der Waals surface area contributed by atoms with Crippen LogP contribution in [0.4, 0.5) is 0 Å². The molecule has 1 aromatic rings. The van der Waals surface area contributed by atoms with E-state index in [-0.39, 0.29) is 23.2 Å². The van der Waals surface area contributed by atoms with Gasteiger partial charge >= 0.3 is 0 Å². The molecule has 0 saturated heterocycles. The number of ether oxygens (including phenoxy) is 1. The van der Waals surface area contributed by atoms with Gasteiger partial charge < -0.3 is 10.5 Å². The van der Waals surface area contributed by atoms with Crippen molar-refractivity contribution < 1.29 is 17.9 Å². The van der Waals surface area contributed by atoms with Crippen molar-refractivity contribution in [1.29, 1.82) is 0 Å². The summed E-state index contributed by atoms with van der Waals surface area (Å²) in [5.41, 5.74) is 6.61. The Morgan fingerprint density at radius 2 is 2.00 bits per heavy atom. The molecule has 0 fully saturated rings. The van der Waals surface area contributed by atoms with Crippen LogP contribution in [0.25, 0.3) is 0 Å². The van der Waals surface area contributed by atoms with E-state index in [1.807, 2.05) is 13.8 Å². The molecule has 0 aromatic heterocycles. The standard InChI is InChI=1S/C15H19N3O4S/c1-10(2)11-3-5-12(6-4-11)23(20,21)18-15(16)17-9-14-13(19)7-8-22-14/h3-8,10,14H,9H2,1-2H3,(H3,16,17,18). The third kappa shape index (κ3) is 4.32. The van der Waals surface area contributed by atoms with Gasteiger partial charge in [0.05, 0.1) is 17.7 Å². The molecular formula is C15H19N3O4S. The van der Waals surface area contributed by atoms with Crippen LogP contribution in [0.2, 0.25) is 0 Å². The van der Waals surface area contributed by atoms with Gasteiger partial charge in [-0.1, -0.05) is 26.0 Å². The summed E-state index contributed by atoms with van der Waals surface area (Å²) >= 11 is 0. The highest BCUT2D eigenvalue weighted by Crippen LogP contribution is 2.17. The molecule has 0 spiro atoms. The monoisotopic (exact) mass is 337 g/mol. The van der Waals surface area contributed by atoms with E-state index in [1.54, 1.807) is 12.1 Å². The van der Waals surface area contributed by atoms with E-state index < -0.39 is 16.1 Å². The fourth-order valence-electron chi connectivity index (χ4n) is 1.95. The van der Waals surface area contributed by atoms with E-state index in [4.69, 9.17) is 10.5 Å². The lowest BCUT2D eigenvalue weighted by Crippen LogP contribution is -2.37. The zero-order valence-electron chi connectivity index (χ0n) is 12.9. The van der Waals surface area contributed by atoms with E-state index in [2.05, 4.69) is 9.71 Å². The maximum Gasteiger partial charge on any atom is 0.264 e. The Kier molecular flexibility index (Phi) is 5.05. The zero-order chi connectivity index (χ0) is 17.0. The summed E-state index contributed by atoms with van der Waals surface area (Å²) < 4.78 is 31.6. The Labute approximate surface area is 135 Å². The van der Waals surface area contributed by atoms with E-state index in [0.29, 0.717) is 5.92 Å². The lowest BCUT2D eigenvalue weighted by Gasteiger charge is -2.10. The Bertz CT molecular complexity index is 736. The van der Waals surface area contributed by atoms with Crippen molar-refractivity contribution in [2.45, 2.75) is 30.8 Å². The number of ketones is 1. The number of nitrogens with zero attached hydrogens (tertiary/aromatic N) is 1. The van der Waals surface area contributed by atoms with Crippen LogP contribution >= 0.6 is 0 Å². The van der Waals surface area contributed by atoms with Crippen molar-refractivity contribution in [2.24, 2.45) is 10.7 Å². The van der Waals surface area contributed by atoms with Gasteiger partial charge in [-0.15, -0.1) is 0 Å². The van der Waals surface area contributed by atoms with E-state index in [9.17, 15) is 13.2 Å². The molecule has 1 unspecified atom stereocenters. The van der Waals surface area contributed by atoms with Crippen LogP contribution in [-0.2, 0) is 19.6 Å². The molecule has 7 nitrogen and oxygen atoms in total. The number of aliphatic imine (C=N–C) groups is 1. The molecule has 2 rings (SSSR count). The first-order chi connectivity index (χ1) is 10.8. The van der Waals surface area contributed by atoms with Crippen molar-refractivity contribution in [1.82, 2.24) is 4.72 Å². The summed E-state index contributed by atoms with van der Waals surface area (Å²) in [5, 5.41) is 0. The number of carbonyl (C=O) groups is 1. The SMILES string of the molecule is CC(C)c1ccc(S(=O)(=O)NC(N)=NCC2OC=CC2=O)cc1. The normalized spacial score (nSPS) is 18.3. The highest BCUT2D eigenvalue weighted by atomic mass is 32.2. The molecule has 0 aliphatic carbocycles. The van der Waals surface area contributed by atoms with Gasteiger partial charge in [0.1, 0.15) is 0 Å². The van der Waals surface area contributed by atoms with Crippen LogP contribution in [0.5, 0.6) is 0 Å². The minimum absolute atomic E-state index is 0.0491. The average molecular weight is 337 g/mol. The summed E-state index contributed by atoms with van der Waals surface area (Å²) in [5.74, 6) is -0.209. The smallest absolute Gasteiger partial charge is 0.264 e. The molecule has 0 amide bonds. The number of benzene rings is 1. The Hall–Kier alpha value is -2.35. The van der Waals surface area contributed by atoms with Crippen LogP contribution in [-0.4, -0.2) is 32.8 Å². The van der Waals surface area contributed by atoms with Crippen molar-refractivity contribution >= 4 is 21.8 Å². The highest BCUT2D eigenvalue weighted by molar-refractivity contribution is 7.90. The second-order valence-corrected chi connectivity index (χ2v) is 7.07. The van der Waals surface area contributed by atoms with E-state index >= 15 is 0 Å². The Morgan fingerprint density at radius 3 is 2.52 bits per heavy atom. The molecule has 3 N–H and O–H groups in total. The van der Waals surface area contributed by atoms with Crippen LogP contribution in [0.3, 0.4) is 0 Å². The van der Waals surface area contributed by atoms with Crippen LogP contribution in [0, 0.1) is 0 Å². The van der Waals surface area contributed by atoms with Crippen molar-refractivity contribution in [3.05, 3.63) is 42.2 Å². The van der Waals surface area contributed by atoms with Gasteiger partial charge in [0, 0.05) is 6.08 Å². The van der Waals surface area contributed by atoms with Crippen LogP contribution < -0.4 is 10.5 Å². The van der Waals surface area contributed by atoms with Gasteiger partial charge in [0.15, 0.2) is 6.10 Å². The maximum absolute atomic E-state index is 12.2. The van der Waals surface area contributed by atoms with E-state index in [0.717, 1.165) is 5.56 Å². The van der Waals surface area contributed by atoms with Crippen molar-refractivity contribution in [3.8, 4) is 0 Å². The van der Waals surface area contributed by atoms with Gasteiger partial charge in [-0.2, -0.15) is 0 Å². The second kappa shape index (κ2) is 6.82. The number of hydrogen-bond acceptors (Lipinski definition) is 5. The zero-order valence-corrected chi connectivity index (χ0v) is 13.7. The van der Waals surface area contributed by atoms with Crippen LogP contribution in [0.1, 0.15) is 25.3 Å². The number of carbonyl (C=O) groups excluding carboxylic acids is 1. The summed E-state index contributed by atoms with van der Waals surface area (Å²) in [6, 6.07) is 6.53. The molecule has 1 heterocycles. The molecule has 1 atom stereocenters. The molecule has 8 heteroatoms. The van der Waals surface area contributed by atoms with Gasteiger partial charge in [0.25, 0.3) is 10.0 Å². The van der Waals surface area contributed by atoms with Crippen molar-refractivity contribution in [3.63, 3.8) is 0 Å². The molecule has 124 valence electrons. The van der Waals surface area contributed by atoms with Gasteiger partial charge in [-0.3, -0.25) is 4.79 Å². The molecule has 1 aliphatic heterocycles. The summed E-state index contributed by atoms with van der Waals surface area (Å²) in [6.45, 7) is 3.99. The number of nitrogens with one attached hydrogen (secondary N) is 1. The predicted octanol–water partition coefficient (Wildman–Crippen LogP) is 0.885. The first-order valence-corrected chi connectivity index (χ1v) is 8.56. The number of rotatable bonds is 5. The van der Waals surface area contributed by atoms with Gasteiger partial charge in [0.2, 0.25) is 11.7 Å². The third-order valence-corrected chi connectivity index (χ3v) is 4.69. The molecule has 1 aliphatic rings. The van der Waals surface area contributed by atoms with Crippen molar-refractivity contribution in [2.75, 3.05) is 6.54 Å². The largest absolute Gasteiger partial charge is 0.488 e. The molecule has 0 radical (unpaired) electrons. The summed E-state index contributed by atoms with van der Waals surface area (Å²) in [7, 11) is -3.81. The predicted molar refractivity (Wildman–Crippen MR) is 86.4 cm³/mol. The number of guanidine groups is 1. The topological polar surface area (TPSA) is 111 Å². The molecular weight excluding hydrogens is 318 g/mol. The van der Waals surface area contributed by atoms with E-state index in [1.165, 1.54) is 24.5 Å². The molecule has 1 aromatic carbocycles.